The Morgan fingerprint density at radius 1 is 1.03 bits per heavy atom. The van der Waals surface area contributed by atoms with Gasteiger partial charge in [0, 0.05) is 53.1 Å². The highest BCUT2D eigenvalue weighted by Crippen LogP contribution is 2.30. The maximum absolute atomic E-state index is 10.5. The molecule has 0 fully saturated rings. The zero-order valence-corrected chi connectivity index (χ0v) is 18.3. The molecular formula is C26H30N4O. The van der Waals surface area contributed by atoms with Crippen molar-refractivity contribution < 1.29 is 5.11 Å². The molecule has 31 heavy (non-hydrogen) atoms. The minimum Gasteiger partial charge on any atom is -0.388 e. The van der Waals surface area contributed by atoms with Gasteiger partial charge in [0.25, 0.3) is 0 Å². The Morgan fingerprint density at radius 2 is 1.84 bits per heavy atom. The van der Waals surface area contributed by atoms with Gasteiger partial charge in [-0.15, -0.1) is 0 Å². The second-order valence-electron chi connectivity index (χ2n) is 8.34. The van der Waals surface area contributed by atoms with Crippen LogP contribution in [0.15, 0.2) is 67.1 Å². The van der Waals surface area contributed by atoms with Crippen molar-refractivity contribution in [3.63, 3.8) is 0 Å². The Bertz CT molecular complexity index is 1150. The molecule has 160 valence electrons. The molecule has 5 nitrogen and oxygen atoms in total. The zero-order chi connectivity index (χ0) is 21.8. The third-order valence-corrected chi connectivity index (χ3v) is 5.69. The fourth-order valence-corrected chi connectivity index (χ4v) is 3.92. The second kappa shape index (κ2) is 9.23. The van der Waals surface area contributed by atoms with Crippen molar-refractivity contribution in [2.24, 2.45) is 5.92 Å². The summed E-state index contributed by atoms with van der Waals surface area (Å²) < 4.78 is 0. The Kier molecular flexibility index (Phi) is 6.23. The van der Waals surface area contributed by atoms with Crippen molar-refractivity contribution in [3.05, 3.63) is 83.8 Å². The minimum absolute atomic E-state index is 0.179. The molecule has 2 aromatic carbocycles. The van der Waals surface area contributed by atoms with Crippen LogP contribution < -0.4 is 10.6 Å². The summed E-state index contributed by atoms with van der Waals surface area (Å²) in [5.74, 6) is 0.179. The molecule has 0 bridgehead atoms. The Morgan fingerprint density at radius 3 is 2.58 bits per heavy atom. The topological polar surface area (TPSA) is 73.0 Å². The first-order valence-corrected chi connectivity index (χ1v) is 10.8. The van der Waals surface area contributed by atoms with Gasteiger partial charge in [-0.1, -0.05) is 32.0 Å². The zero-order valence-electron chi connectivity index (χ0n) is 18.3. The second-order valence-corrected chi connectivity index (χ2v) is 8.34. The number of para-hydroxylation sites is 1. The van der Waals surface area contributed by atoms with E-state index in [9.17, 15) is 5.11 Å². The standard InChI is InChI=1S/C26H30N4O/c1-17(2)26(31)23-6-4-5-22-19(16-29-25(22)23)9-14-28-24-8-7-21(15-18(24)3)30-20-10-12-27-13-11-20/h4-8,10-13,15-17,26,28-29,31H,9,14H2,1-3H3,(H,27,30). The molecule has 4 aromatic rings. The molecule has 5 heteroatoms. The van der Waals surface area contributed by atoms with Crippen molar-refractivity contribution in [3.8, 4) is 0 Å². The summed E-state index contributed by atoms with van der Waals surface area (Å²) in [5.41, 5.74) is 7.69. The average molecular weight is 415 g/mol. The van der Waals surface area contributed by atoms with E-state index in [-0.39, 0.29) is 5.92 Å². The van der Waals surface area contributed by atoms with Crippen molar-refractivity contribution in [2.75, 3.05) is 17.2 Å². The number of aromatic amines is 1. The normalized spacial score (nSPS) is 12.3. The van der Waals surface area contributed by atoms with Gasteiger partial charge in [-0.25, -0.2) is 0 Å². The molecule has 4 N–H and O–H groups in total. The lowest BCUT2D eigenvalue weighted by Gasteiger charge is -2.16. The van der Waals surface area contributed by atoms with Gasteiger partial charge in [0.05, 0.1) is 11.6 Å². The van der Waals surface area contributed by atoms with Crippen LogP contribution in [0.25, 0.3) is 10.9 Å². The van der Waals surface area contributed by atoms with Gasteiger partial charge in [-0.05, 0) is 60.7 Å². The first-order valence-electron chi connectivity index (χ1n) is 10.8. The van der Waals surface area contributed by atoms with E-state index in [4.69, 9.17) is 0 Å². The van der Waals surface area contributed by atoms with Crippen LogP contribution >= 0.6 is 0 Å². The molecule has 0 saturated carbocycles. The summed E-state index contributed by atoms with van der Waals surface area (Å²) >= 11 is 0. The molecule has 1 atom stereocenters. The number of anilines is 3. The number of aliphatic hydroxyl groups is 1. The van der Waals surface area contributed by atoms with Gasteiger partial charge < -0.3 is 20.7 Å². The highest BCUT2D eigenvalue weighted by Gasteiger charge is 2.16. The highest BCUT2D eigenvalue weighted by atomic mass is 16.3. The number of pyridine rings is 1. The fourth-order valence-electron chi connectivity index (χ4n) is 3.92. The number of fused-ring (bicyclic) bond motifs is 1. The Balaban J connectivity index is 1.41. The summed E-state index contributed by atoms with van der Waals surface area (Å²) in [6.07, 6.45) is 6.06. The number of hydrogen-bond donors (Lipinski definition) is 4. The van der Waals surface area contributed by atoms with E-state index in [1.807, 2.05) is 38.1 Å². The van der Waals surface area contributed by atoms with E-state index < -0.39 is 6.10 Å². The molecule has 0 saturated heterocycles. The number of nitrogens with zero attached hydrogens (tertiary/aromatic N) is 1. The quantitative estimate of drug-likeness (QED) is 0.287. The van der Waals surface area contributed by atoms with Crippen LogP contribution in [-0.2, 0) is 6.42 Å². The average Bonchev–Trinajstić information content (AvgIpc) is 3.18. The van der Waals surface area contributed by atoms with E-state index in [1.165, 1.54) is 16.5 Å². The summed E-state index contributed by atoms with van der Waals surface area (Å²) in [4.78, 5) is 7.43. The third kappa shape index (κ3) is 4.72. The molecule has 0 aliphatic heterocycles. The lowest BCUT2D eigenvalue weighted by atomic mass is 9.96. The summed E-state index contributed by atoms with van der Waals surface area (Å²) in [5, 5.41) is 18.7. The van der Waals surface area contributed by atoms with Crippen LogP contribution in [0.4, 0.5) is 17.1 Å². The molecule has 0 radical (unpaired) electrons. The van der Waals surface area contributed by atoms with Crippen LogP contribution in [-0.4, -0.2) is 21.6 Å². The summed E-state index contributed by atoms with van der Waals surface area (Å²) in [7, 11) is 0. The largest absolute Gasteiger partial charge is 0.388 e. The minimum atomic E-state index is -0.463. The van der Waals surface area contributed by atoms with Crippen molar-refractivity contribution >= 4 is 28.0 Å². The smallest absolute Gasteiger partial charge is 0.0833 e. The highest BCUT2D eigenvalue weighted by molar-refractivity contribution is 5.86. The first-order chi connectivity index (χ1) is 15.0. The van der Waals surface area contributed by atoms with Gasteiger partial charge in [0.15, 0.2) is 0 Å². The van der Waals surface area contributed by atoms with Crippen LogP contribution in [0.2, 0.25) is 0 Å². The van der Waals surface area contributed by atoms with E-state index in [1.54, 1.807) is 12.4 Å². The summed E-state index contributed by atoms with van der Waals surface area (Å²) in [6.45, 7) is 7.03. The lowest BCUT2D eigenvalue weighted by molar-refractivity contribution is 0.128. The van der Waals surface area contributed by atoms with Crippen LogP contribution in [0, 0.1) is 12.8 Å². The molecule has 2 aromatic heterocycles. The van der Waals surface area contributed by atoms with Crippen molar-refractivity contribution in [2.45, 2.75) is 33.3 Å². The van der Waals surface area contributed by atoms with E-state index in [0.717, 1.165) is 41.1 Å². The number of aliphatic hydroxyl groups excluding tert-OH is 1. The Hall–Kier alpha value is -3.31. The van der Waals surface area contributed by atoms with Crippen molar-refractivity contribution in [1.29, 1.82) is 0 Å². The van der Waals surface area contributed by atoms with E-state index >= 15 is 0 Å². The maximum Gasteiger partial charge on any atom is 0.0833 e. The molecule has 1 unspecified atom stereocenters. The molecule has 4 rings (SSSR count). The Labute approximate surface area is 183 Å². The van der Waals surface area contributed by atoms with Gasteiger partial charge in [0.1, 0.15) is 0 Å². The molecule has 0 aliphatic carbocycles. The SMILES string of the molecule is Cc1cc(Nc2ccncc2)ccc1NCCc1c[nH]c2c(C(O)C(C)C)cccc12. The van der Waals surface area contributed by atoms with Crippen molar-refractivity contribution in [1.82, 2.24) is 9.97 Å². The number of aromatic nitrogens is 2. The maximum atomic E-state index is 10.5. The predicted octanol–water partition coefficient (Wildman–Crippen LogP) is 5.96. The molecular weight excluding hydrogens is 384 g/mol. The molecule has 2 heterocycles. The van der Waals surface area contributed by atoms with E-state index in [0.29, 0.717) is 0 Å². The number of rotatable bonds is 8. The van der Waals surface area contributed by atoms with Gasteiger partial charge in [0.2, 0.25) is 0 Å². The van der Waals surface area contributed by atoms with Crippen LogP contribution in [0.3, 0.4) is 0 Å². The molecule has 0 aliphatic rings. The molecule has 0 spiro atoms. The number of benzene rings is 2. The van der Waals surface area contributed by atoms with Crippen LogP contribution in [0.5, 0.6) is 0 Å². The fraction of sp³-hybridized carbons (Fsp3) is 0.269. The third-order valence-electron chi connectivity index (χ3n) is 5.69. The number of nitrogens with one attached hydrogen (secondary N) is 3. The first kappa shape index (κ1) is 20.9. The van der Waals surface area contributed by atoms with Gasteiger partial charge >= 0.3 is 0 Å². The van der Waals surface area contributed by atoms with Gasteiger partial charge in [-0.3, -0.25) is 4.98 Å². The van der Waals surface area contributed by atoms with Crippen LogP contribution in [0.1, 0.15) is 36.6 Å². The lowest BCUT2D eigenvalue weighted by Crippen LogP contribution is -2.07. The number of hydrogen-bond acceptors (Lipinski definition) is 4. The van der Waals surface area contributed by atoms with Gasteiger partial charge in [-0.2, -0.15) is 0 Å². The number of aryl methyl sites for hydroxylation is 1. The predicted molar refractivity (Wildman–Crippen MR) is 129 cm³/mol. The number of H-pyrrole nitrogens is 1. The van der Waals surface area contributed by atoms with E-state index in [2.05, 4.69) is 58.0 Å². The summed E-state index contributed by atoms with van der Waals surface area (Å²) in [6, 6.07) is 16.4. The molecule has 0 amide bonds. The monoisotopic (exact) mass is 414 g/mol.